The minimum atomic E-state index is -1.38. The Bertz CT molecular complexity index is 3600. The van der Waals surface area contributed by atoms with E-state index < -0.39 is 46.6 Å². The molecule has 8 heterocycles. The second-order valence-corrected chi connectivity index (χ2v) is 28.6. The van der Waals surface area contributed by atoms with Crippen molar-refractivity contribution < 1.29 is 47.6 Å². The van der Waals surface area contributed by atoms with Gasteiger partial charge in [-0.3, -0.25) is 34.1 Å². The zero-order valence-electron chi connectivity index (χ0n) is 53.4. The second-order valence-electron chi connectivity index (χ2n) is 27.7. The molecule has 5 aliphatic rings. The first-order valence-electron chi connectivity index (χ1n) is 32.0. The predicted molar refractivity (Wildman–Crippen MR) is 344 cm³/mol. The Morgan fingerprint density at radius 2 is 1.60 bits per heavy atom. The number of likely N-dealkylation sites (tertiary alicyclic amines) is 3. The molecule has 0 spiro atoms. The molecule has 482 valence electrons. The fourth-order valence-corrected chi connectivity index (χ4v) is 14.9. The molecule has 2 bridgehead atoms. The molecule has 4 amide bonds. The van der Waals surface area contributed by atoms with Crippen molar-refractivity contribution in [3.05, 3.63) is 88.9 Å². The van der Waals surface area contributed by atoms with Crippen molar-refractivity contribution in [2.45, 2.75) is 168 Å². The molecule has 4 N–H and O–H groups in total. The van der Waals surface area contributed by atoms with Crippen LogP contribution in [0, 0.1) is 24.1 Å². The van der Waals surface area contributed by atoms with Crippen LogP contribution >= 0.6 is 11.3 Å². The number of ether oxygens (including phenoxy) is 2. The van der Waals surface area contributed by atoms with Gasteiger partial charge in [-0.05, 0) is 150 Å². The van der Waals surface area contributed by atoms with Crippen molar-refractivity contribution in [2.75, 3.05) is 70.4 Å². The van der Waals surface area contributed by atoms with Gasteiger partial charge in [0.25, 0.3) is 0 Å². The molecule has 5 fully saturated rings. The predicted octanol–water partition coefficient (Wildman–Crippen LogP) is 9.93. The Morgan fingerprint density at radius 3 is 2.26 bits per heavy atom. The zero-order chi connectivity index (χ0) is 64.0. The second kappa shape index (κ2) is 26.2. The Hall–Kier alpha value is -7.14. The SMILES string of the molecule is CCc1cccc2cc(O)cc(-c3ncc4c(N5CC6CCC(C5)N6C(=O)OC(C)(C)C)nc(OCCN5CCC(CC6(F)CCN(CC(=O)NC(C(=O)N7C[C@H](O)C[C@H]7C(=O)NC(C)c7ccc(-c8scnc8C)cc7)C(C)(C)C)CC6)CC5)nc4c3F)c12. The summed E-state index contributed by atoms with van der Waals surface area (Å²) in [5.41, 5.74) is 3.44. The number of hydrogen-bond donors (Lipinski definition) is 4. The largest absolute Gasteiger partial charge is 0.508 e. The number of anilines is 1. The van der Waals surface area contributed by atoms with Gasteiger partial charge in [-0.25, -0.2) is 18.6 Å². The molecule has 3 aromatic carbocycles. The molecule has 0 aliphatic carbocycles. The highest BCUT2D eigenvalue weighted by Crippen LogP contribution is 2.42. The van der Waals surface area contributed by atoms with Crippen LogP contribution in [-0.4, -0.2) is 181 Å². The maximum atomic E-state index is 17.4. The lowest BCUT2D eigenvalue weighted by Crippen LogP contribution is -2.59. The van der Waals surface area contributed by atoms with Crippen LogP contribution in [0.25, 0.3) is 43.4 Å². The fourth-order valence-electron chi connectivity index (χ4n) is 14.1. The molecular formula is C68H87F2N11O8S. The van der Waals surface area contributed by atoms with Gasteiger partial charge >= 0.3 is 12.1 Å². The Labute approximate surface area is 529 Å². The van der Waals surface area contributed by atoms with E-state index in [1.807, 2.05) is 120 Å². The molecule has 4 unspecified atom stereocenters. The third-order valence-corrected chi connectivity index (χ3v) is 19.9. The third-order valence-electron chi connectivity index (χ3n) is 18.9. The zero-order valence-corrected chi connectivity index (χ0v) is 54.2. The topological polar surface area (TPSA) is 219 Å². The number of aromatic hydroxyl groups is 1. The van der Waals surface area contributed by atoms with Crippen LogP contribution in [0.15, 0.2) is 66.3 Å². The smallest absolute Gasteiger partial charge is 0.410 e. The number of hydrogen-bond acceptors (Lipinski definition) is 16. The summed E-state index contributed by atoms with van der Waals surface area (Å²) in [5.74, 6) is -1.23. The van der Waals surface area contributed by atoms with E-state index in [4.69, 9.17) is 24.4 Å². The van der Waals surface area contributed by atoms with E-state index in [0.717, 1.165) is 76.8 Å². The summed E-state index contributed by atoms with van der Waals surface area (Å²) in [6.45, 7) is 20.9. The lowest BCUT2D eigenvalue weighted by atomic mass is 9.80. The minimum absolute atomic E-state index is 0.00929. The number of β-amino-alcohol motifs (C(OH)–C–C–N with tert-alkyl or cyclic N) is 1. The third kappa shape index (κ3) is 14.2. The number of thiazole rings is 1. The van der Waals surface area contributed by atoms with E-state index in [9.17, 15) is 29.4 Å². The molecule has 3 aromatic heterocycles. The number of carbonyl (C=O) groups is 4. The minimum Gasteiger partial charge on any atom is -0.508 e. The number of aromatic nitrogens is 4. The number of halogens is 2. The van der Waals surface area contributed by atoms with Gasteiger partial charge in [0.1, 0.15) is 52.7 Å². The highest BCUT2D eigenvalue weighted by molar-refractivity contribution is 7.13. The molecule has 6 aromatic rings. The van der Waals surface area contributed by atoms with Gasteiger partial charge in [-0.15, -0.1) is 11.3 Å². The number of aliphatic hydroxyl groups is 1. The number of benzene rings is 3. The molecule has 6 atom stereocenters. The standard InChI is InChI=1S/C68H87F2N11O8S/c1-10-43-12-11-13-46-30-49(82)31-51(55(43)46)57-56(69)58-52(34-71-57)61(79-35-47-18-19-48(36-79)81(47)65(87)89-67(7,8)9)76-64(75-58)88-29-28-77-24-20-42(21-25-77)33-68(70)22-26-78(27-23-68)38-54(84)74-60(66(4,5)6)63(86)80-37-50(83)32-53(80)62(85)73-40(2)44-14-16-45(17-15-44)59-41(3)72-39-90-59/h11-17,30-31,34,39-40,42,47-48,50,53,60,82-83H,10,18-29,32-33,35-38H2,1-9H3,(H,73,85)(H,74,84)/t40?,47?,48?,50-,53+,60?/m1/s1. The summed E-state index contributed by atoms with van der Waals surface area (Å²) >= 11 is 1.57. The first-order valence-corrected chi connectivity index (χ1v) is 32.9. The molecule has 90 heavy (non-hydrogen) atoms. The summed E-state index contributed by atoms with van der Waals surface area (Å²) in [6.07, 6.45) is 5.26. The first-order chi connectivity index (χ1) is 42.8. The van der Waals surface area contributed by atoms with Gasteiger partial charge in [-0.1, -0.05) is 70.2 Å². The number of nitrogens with zero attached hydrogens (tertiary/aromatic N) is 9. The van der Waals surface area contributed by atoms with Gasteiger partial charge in [0.2, 0.25) is 17.7 Å². The van der Waals surface area contributed by atoms with Gasteiger partial charge < -0.3 is 40.1 Å². The normalized spacial score (nSPS) is 21.6. The van der Waals surface area contributed by atoms with Crippen LogP contribution in [0.3, 0.4) is 0 Å². The number of aliphatic hydroxyl groups excluding tert-OH is 1. The van der Waals surface area contributed by atoms with Gasteiger partial charge in [0.05, 0.1) is 52.2 Å². The van der Waals surface area contributed by atoms with Gasteiger partial charge in [0, 0.05) is 57.4 Å². The number of aryl methyl sites for hydroxylation is 2. The lowest BCUT2D eigenvalue weighted by molar-refractivity contribution is -0.144. The highest BCUT2D eigenvalue weighted by atomic mass is 32.1. The number of alkyl halides is 1. The Morgan fingerprint density at radius 1 is 0.889 bits per heavy atom. The van der Waals surface area contributed by atoms with E-state index in [2.05, 4.69) is 25.4 Å². The lowest BCUT2D eigenvalue weighted by Gasteiger charge is -2.42. The molecule has 22 heteroatoms. The average Bonchev–Trinajstić information content (AvgIpc) is 0.950. The summed E-state index contributed by atoms with van der Waals surface area (Å²) < 4.78 is 46.3. The number of amides is 4. The van der Waals surface area contributed by atoms with Crippen molar-refractivity contribution in [3.8, 4) is 33.5 Å². The number of carbonyl (C=O) groups excluding carboxylic acids is 4. The van der Waals surface area contributed by atoms with Crippen LogP contribution in [0.4, 0.5) is 19.4 Å². The molecule has 0 radical (unpaired) electrons. The molecule has 5 saturated heterocycles. The molecule has 19 nitrogen and oxygen atoms in total. The van der Waals surface area contributed by atoms with Crippen LogP contribution in [-0.2, 0) is 25.5 Å². The van der Waals surface area contributed by atoms with Crippen LogP contribution in [0.5, 0.6) is 11.8 Å². The number of nitrogens with one attached hydrogen (secondary N) is 2. The summed E-state index contributed by atoms with van der Waals surface area (Å²) in [7, 11) is 0. The van der Waals surface area contributed by atoms with Crippen LogP contribution < -0.4 is 20.3 Å². The van der Waals surface area contributed by atoms with Crippen LogP contribution in [0.1, 0.15) is 130 Å². The molecule has 0 saturated carbocycles. The number of phenols is 1. The van der Waals surface area contributed by atoms with Crippen molar-refractivity contribution >= 4 is 62.6 Å². The maximum absolute atomic E-state index is 17.4. The van der Waals surface area contributed by atoms with E-state index in [0.29, 0.717) is 62.3 Å². The van der Waals surface area contributed by atoms with Crippen molar-refractivity contribution in [3.63, 3.8) is 0 Å². The fraction of sp³-hybridized carbons (Fsp3) is 0.559. The van der Waals surface area contributed by atoms with Crippen molar-refractivity contribution in [1.29, 1.82) is 0 Å². The number of rotatable bonds is 17. The van der Waals surface area contributed by atoms with E-state index in [1.54, 1.807) is 29.7 Å². The monoisotopic (exact) mass is 1260 g/mol. The first kappa shape index (κ1) is 64.4. The van der Waals surface area contributed by atoms with Crippen LogP contribution in [0.2, 0.25) is 0 Å². The summed E-state index contributed by atoms with van der Waals surface area (Å²) in [5, 5.41) is 29.7. The van der Waals surface area contributed by atoms with Crippen molar-refractivity contribution in [1.82, 2.24) is 50.2 Å². The number of fused-ring (bicyclic) bond motifs is 4. The number of pyridine rings is 1. The Kier molecular flexibility index (Phi) is 18.8. The van der Waals surface area contributed by atoms with E-state index >= 15 is 8.78 Å². The quantitative estimate of drug-likeness (QED) is 0.0668. The van der Waals surface area contributed by atoms with Gasteiger partial charge in [0.15, 0.2) is 5.82 Å². The maximum Gasteiger partial charge on any atom is 0.410 e. The van der Waals surface area contributed by atoms with Gasteiger partial charge in [-0.2, -0.15) is 9.97 Å². The van der Waals surface area contributed by atoms with Crippen molar-refractivity contribution in [2.24, 2.45) is 11.3 Å². The number of phenolic OH excluding ortho intramolecular Hbond substituents is 1. The molecule has 11 rings (SSSR count). The number of piperazine rings is 1. The van der Waals surface area contributed by atoms with E-state index in [-0.39, 0.29) is 104 Å². The average molecular weight is 1260 g/mol. The van der Waals surface area contributed by atoms with E-state index in [1.165, 1.54) is 4.90 Å². The molecule has 5 aliphatic heterocycles. The summed E-state index contributed by atoms with van der Waals surface area (Å²) in [6, 6.07) is 14.4. The molecular weight excluding hydrogens is 1170 g/mol. The highest BCUT2D eigenvalue weighted by Gasteiger charge is 2.47. The summed E-state index contributed by atoms with van der Waals surface area (Å²) in [4.78, 5) is 84.8. The number of piperidine rings is 2. The Balaban J connectivity index is 0.681.